The normalized spacial score (nSPS) is 33.0. The van der Waals surface area contributed by atoms with Crippen molar-refractivity contribution in [1.29, 1.82) is 0 Å². The van der Waals surface area contributed by atoms with Crippen LogP contribution in [0.25, 0.3) is 11.0 Å². The Kier molecular flexibility index (Phi) is 3.57. The Morgan fingerprint density at radius 2 is 1.80 bits per heavy atom. The maximum Gasteiger partial charge on any atom is 0.241 e. The molecule has 4 aliphatic carbocycles. The average molecular weight is 338 g/mol. The van der Waals surface area contributed by atoms with Crippen molar-refractivity contribution in [3.05, 3.63) is 24.3 Å². The molecule has 0 spiro atoms. The second kappa shape index (κ2) is 5.82. The van der Waals surface area contributed by atoms with Crippen molar-refractivity contribution in [2.75, 3.05) is 6.54 Å². The van der Waals surface area contributed by atoms with Crippen molar-refractivity contribution >= 4 is 16.9 Å². The highest BCUT2D eigenvalue weighted by Crippen LogP contribution is 2.61. The van der Waals surface area contributed by atoms with Crippen LogP contribution in [-0.4, -0.2) is 27.4 Å². The number of hydrogen-bond donors (Lipinski definition) is 1. The molecule has 132 valence electrons. The molecule has 5 heteroatoms. The van der Waals surface area contributed by atoms with Crippen molar-refractivity contribution in [3.63, 3.8) is 0 Å². The van der Waals surface area contributed by atoms with Crippen molar-refractivity contribution in [1.82, 2.24) is 20.3 Å². The molecule has 1 N–H and O–H groups in total. The molecule has 4 fully saturated rings. The molecule has 5 nitrogen and oxygen atoms in total. The summed E-state index contributed by atoms with van der Waals surface area (Å²) in [6, 6.07) is 7.77. The van der Waals surface area contributed by atoms with Crippen molar-refractivity contribution in [3.8, 4) is 0 Å². The summed E-state index contributed by atoms with van der Waals surface area (Å²) < 4.78 is 1.69. The van der Waals surface area contributed by atoms with Crippen LogP contribution in [0.4, 0.5) is 0 Å². The lowest BCUT2D eigenvalue weighted by molar-refractivity contribution is -0.122. The second-order valence-corrected chi connectivity index (χ2v) is 8.75. The summed E-state index contributed by atoms with van der Waals surface area (Å²) in [4.78, 5) is 12.3. The third-order valence-electron chi connectivity index (χ3n) is 6.86. The van der Waals surface area contributed by atoms with Crippen LogP contribution in [0.1, 0.15) is 44.9 Å². The van der Waals surface area contributed by atoms with Crippen LogP contribution in [0.15, 0.2) is 24.3 Å². The highest BCUT2D eigenvalue weighted by molar-refractivity contribution is 5.79. The molecule has 4 bridgehead atoms. The zero-order valence-corrected chi connectivity index (χ0v) is 14.7. The van der Waals surface area contributed by atoms with Gasteiger partial charge in [-0.25, -0.2) is 4.68 Å². The number of carbonyl (C=O) groups is 1. The Morgan fingerprint density at radius 1 is 1.12 bits per heavy atom. The molecule has 0 unspecified atom stereocenters. The van der Waals surface area contributed by atoms with E-state index in [4.69, 9.17) is 0 Å². The first-order valence-corrected chi connectivity index (χ1v) is 9.74. The van der Waals surface area contributed by atoms with Crippen molar-refractivity contribution < 1.29 is 4.79 Å². The lowest BCUT2D eigenvalue weighted by atomic mass is 9.49. The predicted molar refractivity (Wildman–Crippen MR) is 95.8 cm³/mol. The van der Waals surface area contributed by atoms with E-state index >= 15 is 0 Å². The standard InChI is InChI=1S/C20H26N4O/c25-19(13-24-18-4-2-1-3-17(18)22-23-24)21-6-5-20-10-14-7-15(11-20)9-16(8-14)12-20/h1-4,14-16H,5-13H2,(H,21,25). The van der Waals surface area contributed by atoms with Gasteiger partial charge in [0, 0.05) is 6.54 Å². The largest absolute Gasteiger partial charge is 0.354 e. The molecule has 0 aliphatic heterocycles. The summed E-state index contributed by atoms with van der Waals surface area (Å²) in [7, 11) is 0. The van der Waals surface area contributed by atoms with E-state index in [9.17, 15) is 4.79 Å². The van der Waals surface area contributed by atoms with Gasteiger partial charge in [0.05, 0.1) is 5.52 Å². The van der Waals surface area contributed by atoms with Gasteiger partial charge in [-0.05, 0) is 80.2 Å². The molecule has 0 saturated heterocycles. The third-order valence-corrected chi connectivity index (χ3v) is 6.86. The molecule has 1 aromatic carbocycles. The van der Waals surface area contributed by atoms with E-state index in [0.717, 1.165) is 41.8 Å². The Hall–Kier alpha value is -1.91. The van der Waals surface area contributed by atoms with Gasteiger partial charge >= 0.3 is 0 Å². The molecular formula is C20H26N4O. The number of nitrogens with one attached hydrogen (secondary N) is 1. The monoisotopic (exact) mass is 338 g/mol. The van der Waals surface area contributed by atoms with E-state index < -0.39 is 0 Å². The lowest BCUT2D eigenvalue weighted by Gasteiger charge is -2.57. The third kappa shape index (κ3) is 2.83. The maximum atomic E-state index is 12.3. The minimum Gasteiger partial charge on any atom is -0.354 e. The number of carbonyl (C=O) groups excluding carboxylic acids is 1. The van der Waals surface area contributed by atoms with Gasteiger partial charge in [0.15, 0.2) is 0 Å². The number of hydrogen-bond acceptors (Lipinski definition) is 3. The first-order valence-electron chi connectivity index (χ1n) is 9.74. The first kappa shape index (κ1) is 15.4. The van der Waals surface area contributed by atoms with Gasteiger partial charge in [0.25, 0.3) is 0 Å². The predicted octanol–water partition coefficient (Wildman–Crippen LogP) is 3.15. The minimum atomic E-state index is 0.0420. The number of amides is 1. The molecule has 0 atom stereocenters. The highest BCUT2D eigenvalue weighted by Gasteiger charge is 2.50. The van der Waals surface area contributed by atoms with Gasteiger partial charge in [-0.2, -0.15) is 0 Å². The Bertz CT molecular complexity index is 761. The van der Waals surface area contributed by atoms with Crippen molar-refractivity contribution in [2.24, 2.45) is 23.2 Å². The molecule has 1 amide bonds. The fraction of sp³-hybridized carbons (Fsp3) is 0.650. The maximum absolute atomic E-state index is 12.3. The molecule has 25 heavy (non-hydrogen) atoms. The van der Waals surface area contributed by atoms with Gasteiger partial charge in [-0.1, -0.05) is 17.3 Å². The number of aromatic nitrogens is 3. The zero-order chi connectivity index (χ0) is 16.9. The summed E-state index contributed by atoms with van der Waals surface area (Å²) in [5.41, 5.74) is 2.28. The van der Waals surface area contributed by atoms with Crippen molar-refractivity contribution in [2.45, 2.75) is 51.5 Å². The summed E-state index contributed by atoms with van der Waals surface area (Å²) in [6.07, 6.45) is 9.80. The SMILES string of the molecule is O=C(Cn1nnc2ccccc21)NCCC12CC3CC(CC(C3)C1)C2. The Labute approximate surface area is 148 Å². The summed E-state index contributed by atoms with van der Waals surface area (Å²) in [6.45, 7) is 1.05. The number of rotatable bonds is 5. The van der Waals surface area contributed by atoms with Gasteiger partial charge in [0.1, 0.15) is 12.1 Å². The van der Waals surface area contributed by atoms with Crippen LogP contribution in [-0.2, 0) is 11.3 Å². The van der Waals surface area contributed by atoms with Gasteiger partial charge in [-0.3, -0.25) is 4.79 Å². The topological polar surface area (TPSA) is 59.8 Å². The number of benzene rings is 1. The first-order chi connectivity index (χ1) is 12.2. The van der Waals surface area contributed by atoms with Crippen LogP contribution in [0.2, 0.25) is 0 Å². The Morgan fingerprint density at radius 3 is 2.52 bits per heavy atom. The molecule has 0 radical (unpaired) electrons. The molecule has 4 aliphatic rings. The Balaban J connectivity index is 1.17. The molecular weight excluding hydrogens is 312 g/mol. The smallest absolute Gasteiger partial charge is 0.241 e. The lowest BCUT2D eigenvalue weighted by Crippen LogP contribution is -2.47. The number of nitrogens with zero attached hydrogens (tertiary/aromatic N) is 3. The fourth-order valence-electron chi connectivity index (χ4n) is 6.29. The van der Waals surface area contributed by atoms with E-state index in [1.807, 2.05) is 24.3 Å². The van der Waals surface area contributed by atoms with E-state index in [1.165, 1.54) is 38.5 Å². The van der Waals surface area contributed by atoms with Crippen LogP contribution >= 0.6 is 0 Å². The van der Waals surface area contributed by atoms with Gasteiger partial charge in [0.2, 0.25) is 5.91 Å². The quantitative estimate of drug-likeness (QED) is 0.911. The number of para-hydroxylation sites is 1. The average Bonchev–Trinajstić information content (AvgIpc) is 2.96. The molecule has 6 rings (SSSR count). The second-order valence-electron chi connectivity index (χ2n) is 8.75. The minimum absolute atomic E-state index is 0.0420. The van der Waals surface area contributed by atoms with Gasteiger partial charge < -0.3 is 5.32 Å². The molecule has 1 heterocycles. The van der Waals surface area contributed by atoms with Crippen LogP contribution < -0.4 is 5.32 Å². The van der Waals surface area contributed by atoms with Crippen LogP contribution in [0.5, 0.6) is 0 Å². The molecule has 1 aromatic heterocycles. The van der Waals surface area contributed by atoms with E-state index in [-0.39, 0.29) is 12.5 Å². The van der Waals surface area contributed by atoms with Crippen LogP contribution in [0.3, 0.4) is 0 Å². The highest BCUT2D eigenvalue weighted by atomic mass is 16.2. The van der Waals surface area contributed by atoms with E-state index in [1.54, 1.807) is 4.68 Å². The summed E-state index contributed by atoms with van der Waals surface area (Å²) in [5, 5.41) is 11.3. The number of fused-ring (bicyclic) bond motifs is 1. The summed E-state index contributed by atoms with van der Waals surface area (Å²) >= 11 is 0. The van der Waals surface area contributed by atoms with Gasteiger partial charge in [-0.15, -0.1) is 5.10 Å². The fourth-order valence-corrected chi connectivity index (χ4v) is 6.29. The van der Waals surface area contributed by atoms with Crippen LogP contribution in [0, 0.1) is 23.2 Å². The summed E-state index contributed by atoms with van der Waals surface area (Å²) in [5.74, 6) is 2.97. The van der Waals surface area contributed by atoms with E-state index in [0.29, 0.717) is 5.41 Å². The molecule has 2 aromatic rings. The molecule has 4 saturated carbocycles. The van der Waals surface area contributed by atoms with E-state index in [2.05, 4.69) is 15.6 Å². The zero-order valence-electron chi connectivity index (χ0n) is 14.7.